The lowest BCUT2D eigenvalue weighted by atomic mass is 9.72. The Labute approximate surface area is 149 Å². The van der Waals surface area contributed by atoms with E-state index in [1.807, 2.05) is 4.90 Å². The standard InChI is InChI=1S/C18H30N4O3/c1-14(2)17-20-19-15(25-17)12-21-8-6-18(7-9-21)5-4-16(23)22(13-18)10-11-24-3/h14H,4-13H2,1-3H3. The normalized spacial score (nSPS) is 21.4. The monoisotopic (exact) mass is 350 g/mol. The second kappa shape index (κ2) is 7.83. The van der Waals surface area contributed by atoms with Gasteiger partial charge in [0, 0.05) is 32.5 Å². The summed E-state index contributed by atoms with van der Waals surface area (Å²) in [5.41, 5.74) is 0.274. The summed E-state index contributed by atoms with van der Waals surface area (Å²) < 4.78 is 10.9. The van der Waals surface area contributed by atoms with Gasteiger partial charge in [0.05, 0.1) is 13.2 Å². The molecule has 0 N–H and O–H groups in total. The highest BCUT2D eigenvalue weighted by Crippen LogP contribution is 2.40. The Bertz CT molecular complexity index is 579. The minimum Gasteiger partial charge on any atom is -0.424 e. The highest BCUT2D eigenvalue weighted by molar-refractivity contribution is 5.77. The first kappa shape index (κ1) is 18.3. The van der Waals surface area contributed by atoms with Crippen LogP contribution in [0.1, 0.15) is 57.2 Å². The number of amides is 1. The molecular formula is C18H30N4O3. The van der Waals surface area contributed by atoms with Gasteiger partial charge in [-0.05, 0) is 37.8 Å². The van der Waals surface area contributed by atoms with Crippen molar-refractivity contribution in [3.8, 4) is 0 Å². The first-order valence-corrected chi connectivity index (χ1v) is 9.33. The smallest absolute Gasteiger partial charge is 0.230 e. The summed E-state index contributed by atoms with van der Waals surface area (Å²) in [5, 5.41) is 8.28. The molecule has 3 heterocycles. The lowest BCUT2D eigenvalue weighted by Crippen LogP contribution is -2.52. The van der Waals surface area contributed by atoms with Gasteiger partial charge in [0.15, 0.2) is 0 Å². The van der Waals surface area contributed by atoms with Crippen molar-refractivity contribution in [3.63, 3.8) is 0 Å². The van der Waals surface area contributed by atoms with E-state index in [1.165, 1.54) is 0 Å². The van der Waals surface area contributed by atoms with E-state index in [1.54, 1.807) is 7.11 Å². The molecule has 1 spiro atoms. The first-order valence-electron chi connectivity index (χ1n) is 9.33. The van der Waals surface area contributed by atoms with Crippen molar-refractivity contribution in [1.29, 1.82) is 0 Å². The molecule has 0 aliphatic carbocycles. The summed E-state index contributed by atoms with van der Waals surface area (Å²) in [6, 6.07) is 0. The molecule has 140 valence electrons. The zero-order chi connectivity index (χ0) is 17.9. The second-order valence-corrected chi connectivity index (χ2v) is 7.77. The Morgan fingerprint density at radius 1 is 1.24 bits per heavy atom. The fourth-order valence-corrected chi connectivity index (χ4v) is 3.86. The number of aromatic nitrogens is 2. The molecule has 0 bridgehead atoms. The van der Waals surface area contributed by atoms with Gasteiger partial charge in [-0.2, -0.15) is 0 Å². The molecule has 2 saturated heterocycles. The summed E-state index contributed by atoms with van der Waals surface area (Å²) in [6.45, 7) is 9.08. The van der Waals surface area contributed by atoms with Crippen LogP contribution in [0.15, 0.2) is 4.42 Å². The molecule has 1 aromatic heterocycles. The van der Waals surface area contributed by atoms with Crippen LogP contribution in [0.3, 0.4) is 0 Å². The Hall–Kier alpha value is -1.47. The number of carbonyl (C=O) groups is 1. The molecule has 2 fully saturated rings. The lowest BCUT2D eigenvalue weighted by molar-refractivity contribution is -0.140. The van der Waals surface area contributed by atoms with E-state index in [-0.39, 0.29) is 17.2 Å². The average Bonchev–Trinajstić information content (AvgIpc) is 3.07. The van der Waals surface area contributed by atoms with Crippen molar-refractivity contribution in [2.24, 2.45) is 5.41 Å². The van der Waals surface area contributed by atoms with Crippen molar-refractivity contribution < 1.29 is 13.9 Å². The van der Waals surface area contributed by atoms with Gasteiger partial charge in [-0.3, -0.25) is 9.69 Å². The Balaban J connectivity index is 1.52. The largest absolute Gasteiger partial charge is 0.424 e. The highest BCUT2D eigenvalue weighted by atomic mass is 16.5. The summed E-state index contributed by atoms with van der Waals surface area (Å²) in [5.74, 6) is 1.96. The van der Waals surface area contributed by atoms with Crippen LogP contribution in [-0.4, -0.2) is 65.8 Å². The van der Waals surface area contributed by atoms with Gasteiger partial charge < -0.3 is 14.1 Å². The summed E-state index contributed by atoms with van der Waals surface area (Å²) in [6.07, 6.45) is 3.93. The molecule has 7 heteroatoms. The van der Waals surface area contributed by atoms with Crippen LogP contribution in [0.25, 0.3) is 0 Å². The van der Waals surface area contributed by atoms with Crippen LogP contribution < -0.4 is 0 Å². The van der Waals surface area contributed by atoms with Crippen LogP contribution in [0.2, 0.25) is 0 Å². The number of rotatable bonds is 6. The Morgan fingerprint density at radius 3 is 2.64 bits per heavy atom. The van der Waals surface area contributed by atoms with Gasteiger partial charge in [0.2, 0.25) is 17.7 Å². The van der Waals surface area contributed by atoms with Gasteiger partial charge in [0.1, 0.15) is 0 Å². The van der Waals surface area contributed by atoms with Crippen LogP contribution in [0, 0.1) is 5.41 Å². The molecule has 0 saturated carbocycles. The lowest BCUT2D eigenvalue weighted by Gasteiger charge is -2.47. The number of likely N-dealkylation sites (tertiary alicyclic amines) is 2. The maximum atomic E-state index is 12.1. The molecule has 1 amide bonds. The predicted octanol–water partition coefficient (Wildman–Crippen LogP) is 2.04. The van der Waals surface area contributed by atoms with Crippen LogP contribution >= 0.6 is 0 Å². The van der Waals surface area contributed by atoms with Gasteiger partial charge in [-0.25, -0.2) is 0 Å². The molecule has 25 heavy (non-hydrogen) atoms. The minimum atomic E-state index is 0.267. The van der Waals surface area contributed by atoms with E-state index < -0.39 is 0 Å². The highest BCUT2D eigenvalue weighted by Gasteiger charge is 2.40. The van der Waals surface area contributed by atoms with E-state index in [2.05, 4.69) is 28.9 Å². The fraction of sp³-hybridized carbons (Fsp3) is 0.833. The maximum Gasteiger partial charge on any atom is 0.230 e. The van der Waals surface area contributed by atoms with Crippen LogP contribution in [-0.2, 0) is 16.1 Å². The van der Waals surface area contributed by atoms with Gasteiger partial charge in [0.25, 0.3) is 0 Å². The van der Waals surface area contributed by atoms with Crippen molar-refractivity contribution in [2.45, 2.75) is 52.0 Å². The maximum absolute atomic E-state index is 12.1. The molecule has 2 aliphatic rings. The number of nitrogens with zero attached hydrogens (tertiary/aromatic N) is 4. The Morgan fingerprint density at radius 2 is 2.00 bits per heavy atom. The van der Waals surface area contributed by atoms with E-state index >= 15 is 0 Å². The molecule has 0 radical (unpaired) electrons. The number of hydrogen-bond donors (Lipinski definition) is 0. The topological polar surface area (TPSA) is 71.7 Å². The molecule has 0 atom stereocenters. The zero-order valence-electron chi connectivity index (χ0n) is 15.7. The van der Waals surface area contributed by atoms with Crippen molar-refractivity contribution in [3.05, 3.63) is 11.8 Å². The molecule has 3 rings (SSSR count). The summed E-state index contributed by atoms with van der Waals surface area (Å²) in [4.78, 5) is 16.5. The summed E-state index contributed by atoms with van der Waals surface area (Å²) in [7, 11) is 1.69. The quantitative estimate of drug-likeness (QED) is 0.782. The van der Waals surface area contributed by atoms with Gasteiger partial charge >= 0.3 is 0 Å². The first-order chi connectivity index (χ1) is 12.0. The number of piperidine rings is 2. The molecule has 1 aromatic rings. The van der Waals surface area contributed by atoms with Crippen molar-refractivity contribution >= 4 is 5.91 Å². The van der Waals surface area contributed by atoms with Gasteiger partial charge in [-0.15, -0.1) is 10.2 Å². The number of ether oxygens (including phenoxy) is 1. The van der Waals surface area contributed by atoms with Crippen molar-refractivity contribution in [1.82, 2.24) is 20.0 Å². The van der Waals surface area contributed by atoms with Crippen LogP contribution in [0.4, 0.5) is 0 Å². The number of methoxy groups -OCH3 is 1. The number of hydrogen-bond acceptors (Lipinski definition) is 6. The predicted molar refractivity (Wildman–Crippen MR) is 93.0 cm³/mol. The SMILES string of the molecule is COCCN1CC2(CCC1=O)CCN(Cc1nnc(C(C)C)o1)CC2. The Kier molecular flexibility index (Phi) is 5.74. The second-order valence-electron chi connectivity index (χ2n) is 7.77. The molecule has 0 aromatic carbocycles. The average molecular weight is 350 g/mol. The number of carbonyl (C=O) groups excluding carboxylic acids is 1. The molecule has 0 unspecified atom stereocenters. The van der Waals surface area contributed by atoms with Crippen molar-refractivity contribution in [2.75, 3.05) is 39.9 Å². The van der Waals surface area contributed by atoms with E-state index in [0.29, 0.717) is 31.4 Å². The summed E-state index contributed by atoms with van der Waals surface area (Å²) >= 11 is 0. The minimum absolute atomic E-state index is 0.267. The molecule has 2 aliphatic heterocycles. The van der Waals surface area contributed by atoms with Gasteiger partial charge in [-0.1, -0.05) is 13.8 Å². The fourth-order valence-electron chi connectivity index (χ4n) is 3.86. The van der Waals surface area contributed by atoms with E-state index in [9.17, 15) is 4.79 Å². The van der Waals surface area contributed by atoms with E-state index in [0.717, 1.165) is 45.4 Å². The molecule has 7 nitrogen and oxygen atoms in total. The van der Waals surface area contributed by atoms with Crippen LogP contribution in [0.5, 0.6) is 0 Å². The third kappa shape index (κ3) is 4.39. The third-order valence-corrected chi connectivity index (χ3v) is 5.57. The third-order valence-electron chi connectivity index (χ3n) is 5.57. The molecular weight excluding hydrogens is 320 g/mol. The zero-order valence-corrected chi connectivity index (χ0v) is 15.7. The van der Waals surface area contributed by atoms with E-state index in [4.69, 9.17) is 9.15 Å².